The fourth-order valence-electron chi connectivity index (χ4n) is 6.40. The standard InChI is InChI=1S/C44H67F2N5O6SSi2.C2HF3O2/c1-43(2,3)40(37-25-32(34-26-33(45)15-16-35(34)46)29-50(37)28-31-13-10-9-11-14-31)51(20-12-19-48-42(55)57-21-18-44(4,5)59)39(53)30-58-23-17-38(52)49-36(27-47)41(54)56-22-24-60(6,7)8;3-2(4,5)1(6)7/h9-11,13-16,25-26,29,36,40H,12,17-24,27-28,30,47H2,1-8,59H3,(H,48,55)(H,49,52);(H,6,7). The lowest BCUT2D eigenvalue weighted by atomic mass is 9.83. The topological polar surface area (TPSA) is 182 Å². The first-order valence-corrected chi connectivity index (χ1v) is 27.8. The van der Waals surface area contributed by atoms with Crippen molar-refractivity contribution in [2.75, 3.05) is 44.4 Å². The number of carbonyl (C=O) groups is 5. The van der Waals surface area contributed by atoms with E-state index in [0.29, 0.717) is 30.9 Å². The molecule has 0 bridgehead atoms. The minimum Gasteiger partial charge on any atom is -0.475 e. The number of benzene rings is 2. The minimum atomic E-state index is -5.08. The minimum absolute atomic E-state index is 0.0370. The Hall–Kier alpha value is -4.74. The van der Waals surface area contributed by atoms with Gasteiger partial charge < -0.3 is 40.4 Å². The van der Waals surface area contributed by atoms with E-state index in [0.717, 1.165) is 46.1 Å². The molecule has 0 aliphatic carbocycles. The van der Waals surface area contributed by atoms with Crippen molar-refractivity contribution in [1.29, 1.82) is 0 Å². The van der Waals surface area contributed by atoms with Crippen LogP contribution < -0.4 is 16.4 Å². The highest BCUT2D eigenvalue weighted by atomic mass is 32.2. The van der Waals surface area contributed by atoms with Gasteiger partial charge >= 0.3 is 24.2 Å². The van der Waals surface area contributed by atoms with Gasteiger partial charge in [0.25, 0.3) is 0 Å². The highest BCUT2D eigenvalue weighted by molar-refractivity contribution is 7.99. The molecule has 0 aliphatic rings. The summed E-state index contributed by atoms with van der Waals surface area (Å²) in [6, 6.07) is 14.2. The number of esters is 1. The zero-order chi connectivity index (χ0) is 50.8. The second kappa shape index (κ2) is 26.7. The van der Waals surface area contributed by atoms with Crippen molar-refractivity contribution in [2.24, 2.45) is 11.1 Å². The Balaban J connectivity index is 0.00000203. The lowest BCUT2D eigenvalue weighted by molar-refractivity contribution is -0.192. The van der Waals surface area contributed by atoms with Crippen LogP contribution in [-0.4, -0.2) is 119 Å². The molecule has 67 heavy (non-hydrogen) atoms. The maximum Gasteiger partial charge on any atom is 0.490 e. The van der Waals surface area contributed by atoms with Gasteiger partial charge in [0, 0.05) is 79.7 Å². The third-order valence-corrected chi connectivity index (χ3v) is 13.1. The predicted molar refractivity (Wildman–Crippen MR) is 258 cm³/mol. The molecule has 0 saturated carbocycles. The number of halogens is 5. The summed E-state index contributed by atoms with van der Waals surface area (Å²) in [7, 11) is -0.442. The lowest BCUT2D eigenvalue weighted by Crippen LogP contribution is -2.47. The molecular weight excluding hydrogens is 934 g/mol. The molecule has 3 amide bonds. The first-order chi connectivity index (χ1) is 31.0. The van der Waals surface area contributed by atoms with Crippen molar-refractivity contribution in [3.05, 3.63) is 83.7 Å². The predicted octanol–water partition coefficient (Wildman–Crippen LogP) is 7.55. The molecule has 2 atom stereocenters. The number of alkyl halides is 3. The largest absolute Gasteiger partial charge is 0.490 e. The first-order valence-electron chi connectivity index (χ1n) is 22.0. The van der Waals surface area contributed by atoms with Crippen molar-refractivity contribution >= 4 is 59.9 Å². The number of carboxylic acid groups (broad SMARTS) is 1. The summed E-state index contributed by atoms with van der Waals surface area (Å²) in [4.78, 5) is 63.1. The average Bonchev–Trinajstić information content (AvgIpc) is 3.61. The van der Waals surface area contributed by atoms with Crippen LogP contribution in [0, 0.1) is 17.0 Å². The molecule has 0 aliphatic heterocycles. The fourth-order valence-corrected chi connectivity index (χ4v) is 8.13. The Morgan fingerprint density at radius 2 is 1.60 bits per heavy atom. The Kier molecular flexibility index (Phi) is 23.3. The van der Waals surface area contributed by atoms with E-state index < -0.39 is 61.4 Å². The van der Waals surface area contributed by atoms with E-state index in [1.165, 1.54) is 17.8 Å². The van der Waals surface area contributed by atoms with Crippen LogP contribution in [0.2, 0.25) is 30.7 Å². The van der Waals surface area contributed by atoms with Crippen molar-refractivity contribution in [3.63, 3.8) is 0 Å². The number of nitrogens with two attached hydrogens (primary N) is 1. The van der Waals surface area contributed by atoms with Gasteiger partial charge in [-0.1, -0.05) is 84.6 Å². The monoisotopic (exact) mass is 1000 g/mol. The number of hydrogen-bond acceptors (Lipinski definition) is 9. The molecule has 1 aromatic heterocycles. The number of carboxylic acids is 1. The van der Waals surface area contributed by atoms with Crippen LogP contribution in [-0.2, 0) is 35.2 Å². The van der Waals surface area contributed by atoms with Gasteiger partial charge in [0.1, 0.15) is 17.7 Å². The van der Waals surface area contributed by atoms with Crippen molar-refractivity contribution in [2.45, 2.75) is 109 Å². The number of ether oxygens (including phenoxy) is 2. The Morgan fingerprint density at radius 1 is 0.955 bits per heavy atom. The van der Waals surface area contributed by atoms with Crippen LogP contribution in [0.4, 0.5) is 26.7 Å². The molecule has 2 aromatic carbocycles. The van der Waals surface area contributed by atoms with Gasteiger partial charge in [-0.2, -0.15) is 24.9 Å². The summed E-state index contributed by atoms with van der Waals surface area (Å²) in [5.41, 5.74) is 7.52. The van der Waals surface area contributed by atoms with E-state index in [4.69, 9.17) is 25.1 Å². The molecule has 2 unspecified atom stereocenters. The van der Waals surface area contributed by atoms with Gasteiger partial charge in [0.05, 0.1) is 25.0 Å². The molecule has 21 heteroatoms. The van der Waals surface area contributed by atoms with Crippen molar-refractivity contribution in [1.82, 2.24) is 20.1 Å². The van der Waals surface area contributed by atoms with Gasteiger partial charge in [-0.25, -0.2) is 23.2 Å². The van der Waals surface area contributed by atoms with E-state index in [1.54, 1.807) is 11.1 Å². The van der Waals surface area contributed by atoms with Crippen LogP contribution in [0.1, 0.15) is 71.2 Å². The molecule has 0 fully saturated rings. The van der Waals surface area contributed by atoms with Crippen LogP contribution in [0.5, 0.6) is 0 Å². The van der Waals surface area contributed by atoms with Crippen molar-refractivity contribution < 1.29 is 60.5 Å². The van der Waals surface area contributed by atoms with E-state index in [9.17, 15) is 36.7 Å². The number of carbonyl (C=O) groups excluding carboxylic acids is 4. The zero-order valence-electron chi connectivity index (χ0n) is 40.0. The van der Waals surface area contributed by atoms with Gasteiger partial charge in [-0.3, -0.25) is 9.59 Å². The summed E-state index contributed by atoms with van der Waals surface area (Å²) >= 11 is 1.29. The van der Waals surface area contributed by atoms with Gasteiger partial charge in [-0.05, 0) is 59.2 Å². The Morgan fingerprint density at radius 3 is 2.16 bits per heavy atom. The number of aromatic nitrogens is 1. The SMILES string of the molecule is CC(C)([SiH3])CCOC(=O)NCCCN(C(=O)CSCCC(=O)NC(CN)C(=O)OCC[Si](C)(C)C)C(c1cc(-c2cc(F)ccc2F)cn1Cc1ccccc1)C(C)(C)C.O=C(O)C(F)(F)F. The molecule has 3 rings (SSSR count). The van der Waals surface area contributed by atoms with Crippen LogP contribution >= 0.6 is 11.8 Å². The third kappa shape index (κ3) is 22.3. The number of amides is 3. The summed E-state index contributed by atoms with van der Waals surface area (Å²) in [5, 5.41) is 12.8. The molecule has 374 valence electrons. The Bertz CT molecular complexity index is 2080. The average molecular weight is 1000 g/mol. The summed E-state index contributed by atoms with van der Waals surface area (Å²) < 4.78 is 74.3. The van der Waals surface area contributed by atoms with E-state index in [-0.39, 0.29) is 60.8 Å². The quantitative estimate of drug-likeness (QED) is 0.0321. The molecule has 3 aromatic rings. The highest BCUT2D eigenvalue weighted by Gasteiger charge is 2.39. The molecule has 0 spiro atoms. The normalized spacial score (nSPS) is 12.9. The van der Waals surface area contributed by atoms with Crippen LogP contribution in [0.3, 0.4) is 0 Å². The molecule has 5 N–H and O–H groups in total. The summed E-state index contributed by atoms with van der Waals surface area (Å²) in [6.45, 7) is 18.3. The molecule has 0 saturated heterocycles. The first kappa shape index (κ1) is 58.4. The molecule has 0 radical (unpaired) electrons. The molecular formula is C46H68F5N5O8SSi2. The number of thioether (sulfide) groups is 1. The molecule has 1 heterocycles. The van der Waals surface area contributed by atoms with Gasteiger partial charge in [0.15, 0.2) is 0 Å². The third-order valence-electron chi connectivity index (χ3n) is 9.92. The summed E-state index contributed by atoms with van der Waals surface area (Å²) in [6.07, 6.45) is -2.58. The zero-order valence-corrected chi connectivity index (χ0v) is 43.8. The number of hydrogen-bond donors (Lipinski definition) is 4. The maximum absolute atomic E-state index is 15.3. The van der Waals surface area contributed by atoms with Crippen LogP contribution in [0.15, 0.2) is 60.8 Å². The summed E-state index contributed by atoms with van der Waals surface area (Å²) in [5.74, 6) is -4.71. The maximum atomic E-state index is 15.3. The second-order valence-corrected chi connectivity index (χ2v) is 28.8. The lowest BCUT2D eigenvalue weighted by Gasteiger charge is -2.41. The van der Waals surface area contributed by atoms with Gasteiger partial charge in [-0.15, -0.1) is 0 Å². The van der Waals surface area contributed by atoms with Crippen molar-refractivity contribution in [3.8, 4) is 11.1 Å². The molecule has 13 nitrogen and oxygen atoms in total. The number of alkyl carbamates (subject to hydrolysis) is 1. The number of nitrogens with zero attached hydrogens (tertiary/aromatic N) is 2. The second-order valence-electron chi connectivity index (χ2n) is 19.4. The number of aliphatic carboxylic acids is 1. The smallest absolute Gasteiger partial charge is 0.475 e. The number of rotatable bonds is 23. The number of nitrogens with one attached hydrogen (secondary N) is 2. The van der Waals surface area contributed by atoms with Crippen LogP contribution in [0.25, 0.3) is 11.1 Å². The van der Waals surface area contributed by atoms with Gasteiger partial charge in [0.2, 0.25) is 11.8 Å². The van der Waals surface area contributed by atoms with E-state index in [2.05, 4.69) is 44.1 Å². The van der Waals surface area contributed by atoms with E-state index in [1.807, 2.05) is 61.7 Å². The van der Waals surface area contributed by atoms with E-state index >= 15 is 4.39 Å². The highest BCUT2D eigenvalue weighted by Crippen LogP contribution is 2.41. The fraction of sp³-hybridized carbons (Fsp3) is 0.543. The Labute approximate surface area is 398 Å².